The summed E-state index contributed by atoms with van der Waals surface area (Å²) in [5.41, 5.74) is 0.747. The fourth-order valence-corrected chi connectivity index (χ4v) is 6.77. The van der Waals surface area contributed by atoms with E-state index in [0.29, 0.717) is 22.8 Å². The molecule has 1 amide bonds. The monoisotopic (exact) mass is 647 g/mol. The number of rotatable bonds is 10. The van der Waals surface area contributed by atoms with Crippen molar-refractivity contribution in [2.45, 2.75) is 16.7 Å². The molecular weight excluding hydrogens is 619 g/mol. The number of benzene rings is 4. The van der Waals surface area contributed by atoms with Crippen LogP contribution in [0.3, 0.4) is 0 Å². The zero-order valence-electron chi connectivity index (χ0n) is 24.4. The predicted octanol–water partition coefficient (Wildman–Crippen LogP) is 4.35. The summed E-state index contributed by atoms with van der Waals surface area (Å²) >= 11 is 0. The van der Waals surface area contributed by atoms with Crippen molar-refractivity contribution < 1.29 is 26.4 Å². The first kappa shape index (κ1) is 31.1. The second kappa shape index (κ2) is 12.3. The van der Waals surface area contributed by atoms with E-state index >= 15 is 0 Å². The topological polar surface area (TPSA) is 158 Å². The fraction of sp³-hybridized carbons (Fsp3) is 0.0968. The van der Waals surface area contributed by atoms with Crippen LogP contribution in [0.5, 0.6) is 5.75 Å². The van der Waals surface area contributed by atoms with Crippen LogP contribution in [-0.2, 0) is 27.1 Å². The maximum Gasteiger partial charge on any atom is 0.296 e. The number of methoxy groups -OCH3 is 1. The van der Waals surface area contributed by atoms with Gasteiger partial charge < -0.3 is 10.1 Å². The lowest BCUT2D eigenvalue weighted by molar-refractivity contribution is 0.102. The van der Waals surface area contributed by atoms with E-state index in [1.54, 1.807) is 73.3 Å². The second-order valence-electron chi connectivity index (χ2n) is 9.89. The summed E-state index contributed by atoms with van der Waals surface area (Å²) in [5, 5.41) is 2.61. The number of anilines is 3. The van der Waals surface area contributed by atoms with E-state index in [4.69, 9.17) is 4.74 Å². The molecule has 14 heteroatoms. The number of sulfonamides is 2. The Balaban J connectivity index is 1.35. The SMILES string of the molecule is COc1ccc(NS(=O)(=O)c2cccc(NC(=O)c3cccc(S(=O)(=O)Nc4c(C)n(C)n(-c5ccccc5)c4=O)c3)c2)cc1. The Hall–Kier alpha value is -5.34. The first-order valence-corrected chi connectivity index (χ1v) is 16.4. The number of aromatic nitrogens is 2. The lowest BCUT2D eigenvalue weighted by Crippen LogP contribution is -2.23. The number of amides is 1. The van der Waals surface area contributed by atoms with Crippen LogP contribution in [0.25, 0.3) is 5.69 Å². The lowest BCUT2D eigenvalue weighted by atomic mass is 10.2. The number of nitrogens with zero attached hydrogens (tertiary/aromatic N) is 2. The number of nitrogens with one attached hydrogen (secondary N) is 3. The van der Waals surface area contributed by atoms with Gasteiger partial charge in [-0.15, -0.1) is 0 Å². The first-order valence-electron chi connectivity index (χ1n) is 13.4. The highest BCUT2D eigenvalue weighted by Crippen LogP contribution is 2.23. The number of ether oxygens (including phenoxy) is 1. The van der Waals surface area contributed by atoms with Crippen molar-refractivity contribution in [3.05, 3.63) is 125 Å². The van der Waals surface area contributed by atoms with Gasteiger partial charge in [0.05, 0.1) is 28.3 Å². The molecule has 0 saturated carbocycles. The summed E-state index contributed by atoms with van der Waals surface area (Å²) in [4.78, 5) is 26.0. The van der Waals surface area contributed by atoms with Gasteiger partial charge in [0.15, 0.2) is 0 Å². The zero-order chi connectivity index (χ0) is 32.4. The van der Waals surface area contributed by atoms with Crippen molar-refractivity contribution in [1.82, 2.24) is 9.36 Å². The molecule has 0 unspecified atom stereocenters. The minimum absolute atomic E-state index is 0.00558. The first-order chi connectivity index (χ1) is 21.4. The van der Waals surface area contributed by atoms with Gasteiger partial charge in [0, 0.05) is 24.0 Å². The molecular formula is C31H29N5O7S2. The number of hydrogen-bond donors (Lipinski definition) is 3. The molecule has 5 aromatic rings. The Labute approximate surface area is 260 Å². The minimum Gasteiger partial charge on any atom is -0.497 e. The van der Waals surface area contributed by atoms with Crippen molar-refractivity contribution in [1.29, 1.82) is 0 Å². The third kappa shape index (κ3) is 6.61. The van der Waals surface area contributed by atoms with E-state index in [-0.39, 0.29) is 26.7 Å². The molecule has 45 heavy (non-hydrogen) atoms. The summed E-state index contributed by atoms with van der Waals surface area (Å²) in [6.45, 7) is 1.61. The number of para-hydroxylation sites is 1. The largest absolute Gasteiger partial charge is 0.497 e. The van der Waals surface area contributed by atoms with Crippen LogP contribution in [0.15, 0.2) is 118 Å². The average Bonchev–Trinajstić information content (AvgIpc) is 3.24. The van der Waals surface area contributed by atoms with Gasteiger partial charge in [0.1, 0.15) is 11.4 Å². The van der Waals surface area contributed by atoms with Crippen molar-refractivity contribution in [3.63, 3.8) is 0 Å². The Morgan fingerprint density at radius 3 is 2.02 bits per heavy atom. The number of hydrogen-bond acceptors (Lipinski definition) is 7. The summed E-state index contributed by atoms with van der Waals surface area (Å²) in [7, 11) is -5.14. The second-order valence-corrected chi connectivity index (χ2v) is 13.3. The summed E-state index contributed by atoms with van der Waals surface area (Å²) < 4.78 is 65.5. The molecule has 0 spiro atoms. The van der Waals surface area contributed by atoms with Crippen molar-refractivity contribution in [2.24, 2.45) is 7.05 Å². The Bertz CT molecular complexity index is 2160. The molecule has 5 rings (SSSR count). The molecule has 0 aliphatic carbocycles. The van der Waals surface area contributed by atoms with E-state index < -0.39 is 31.5 Å². The summed E-state index contributed by atoms with van der Waals surface area (Å²) in [6.07, 6.45) is 0. The molecule has 0 fully saturated rings. The number of carbonyl (C=O) groups excluding carboxylic acids is 1. The van der Waals surface area contributed by atoms with Gasteiger partial charge in [-0.25, -0.2) is 21.5 Å². The van der Waals surface area contributed by atoms with E-state index in [2.05, 4.69) is 14.8 Å². The maximum absolute atomic E-state index is 13.4. The Morgan fingerprint density at radius 2 is 1.36 bits per heavy atom. The quantitative estimate of drug-likeness (QED) is 0.203. The van der Waals surface area contributed by atoms with Crippen LogP contribution in [0.2, 0.25) is 0 Å². The van der Waals surface area contributed by atoms with Gasteiger partial charge in [0.2, 0.25) is 0 Å². The minimum atomic E-state index is -4.29. The van der Waals surface area contributed by atoms with Gasteiger partial charge in [0.25, 0.3) is 31.5 Å². The number of carbonyl (C=O) groups is 1. The fourth-order valence-electron chi connectivity index (χ4n) is 4.50. The molecule has 0 aliphatic heterocycles. The van der Waals surface area contributed by atoms with Crippen LogP contribution in [0.1, 0.15) is 16.1 Å². The highest BCUT2D eigenvalue weighted by molar-refractivity contribution is 7.93. The molecule has 0 saturated heterocycles. The van der Waals surface area contributed by atoms with Crippen molar-refractivity contribution >= 4 is 43.0 Å². The standard InChI is InChI=1S/C31H29N5O7S2/c1-21-29(31(38)36(35(21)2)25-11-5-4-6-12-25)34-45(41,42)27-13-7-9-22(19-27)30(37)32-24-10-8-14-28(20-24)44(39,40)33-23-15-17-26(43-3)18-16-23/h4-20,33-34H,1-3H3,(H,32,37). The normalized spacial score (nSPS) is 11.5. The zero-order valence-corrected chi connectivity index (χ0v) is 26.0. The van der Waals surface area contributed by atoms with E-state index in [9.17, 15) is 26.4 Å². The highest BCUT2D eigenvalue weighted by Gasteiger charge is 2.23. The molecule has 0 aliphatic rings. The van der Waals surface area contributed by atoms with Crippen molar-refractivity contribution in [2.75, 3.05) is 21.9 Å². The van der Waals surface area contributed by atoms with E-state index in [0.717, 1.165) is 6.07 Å². The van der Waals surface area contributed by atoms with Gasteiger partial charge in [-0.05, 0) is 79.7 Å². The molecule has 1 aromatic heterocycles. The van der Waals surface area contributed by atoms with E-state index in [1.807, 2.05) is 0 Å². The van der Waals surface area contributed by atoms with Gasteiger partial charge >= 0.3 is 0 Å². The molecule has 0 radical (unpaired) electrons. The van der Waals surface area contributed by atoms with Crippen LogP contribution in [0.4, 0.5) is 17.1 Å². The third-order valence-electron chi connectivity index (χ3n) is 6.94. The van der Waals surface area contributed by atoms with Crippen LogP contribution < -0.4 is 25.1 Å². The highest BCUT2D eigenvalue weighted by atomic mass is 32.2. The Kier molecular flexibility index (Phi) is 8.53. The molecule has 12 nitrogen and oxygen atoms in total. The molecule has 4 aromatic carbocycles. The lowest BCUT2D eigenvalue weighted by Gasteiger charge is -2.11. The van der Waals surface area contributed by atoms with E-state index in [1.165, 1.54) is 54.3 Å². The molecule has 1 heterocycles. The third-order valence-corrected chi connectivity index (χ3v) is 9.67. The maximum atomic E-state index is 13.4. The Morgan fingerprint density at radius 1 is 0.733 bits per heavy atom. The molecule has 232 valence electrons. The van der Waals surface area contributed by atoms with Gasteiger partial charge in [-0.3, -0.25) is 23.7 Å². The van der Waals surface area contributed by atoms with Gasteiger partial charge in [-0.2, -0.15) is 0 Å². The summed E-state index contributed by atoms with van der Waals surface area (Å²) in [5.74, 6) is -0.108. The van der Waals surface area contributed by atoms with Crippen LogP contribution in [0, 0.1) is 6.92 Å². The predicted molar refractivity (Wildman–Crippen MR) is 171 cm³/mol. The summed E-state index contributed by atoms with van der Waals surface area (Å²) in [6, 6.07) is 26.0. The van der Waals surface area contributed by atoms with Crippen LogP contribution in [-0.4, -0.2) is 39.2 Å². The van der Waals surface area contributed by atoms with Crippen molar-refractivity contribution in [3.8, 4) is 11.4 Å². The van der Waals surface area contributed by atoms with Crippen LogP contribution >= 0.6 is 0 Å². The smallest absolute Gasteiger partial charge is 0.296 e. The van der Waals surface area contributed by atoms with Gasteiger partial charge in [-0.1, -0.05) is 30.3 Å². The molecule has 0 atom stereocenters. The molecule has 3 N–H and O–H groups in total. The average molecular weight is 648 g/mol. The molecule has 0 bridgehead atoms.